The fourth-order valence-corrected chi connectivity index (χ4v) is 4.30. The van der Waals surface area contributed by atoms with E-state index in [1.807, 2.05) is 63.2 Å². The van der Waals surface area contributed by atoms with Gasteiger partial charge in [0, 0.05) is 28.3 Å². The zero-order valence-corrected chi connectivity index (χ0v) is 20.1. The molecule has 4 aromatic rings. The number of benzene rings is 2. The first-order chi connectivity index (χ1) is 16.2. The Kier molecular flexibility index (Phi) is 6.55. The van der Waals surface area contributed by atoms with Crippen molar-refractivity contribution in [3.8, 4) is 17.0 Å². The quantitative estimate of drug-likeness (QED) is 0.382. The summed E-state index contributed by atoms with van der Waals surface area (Å²) in [5, 5.41) is 10.8. The summed E-state index contributed by atoms with van der Waals surface area (Å²) in [5.74, 6) is -0.194. The number of aliphatic hydroxyl groups is 1. The summed E-state index contributed by atoms with van der Waals surface area (Å²) in [7, 11) is 0. The third kappa shape index (κ3) is 4.60. The molecule has 0 aliphatic rings. The predicted octanol–water partition coefficient (Wildman–Crippen LogP) is 5.21. The SMILES string of the molecule is Cc1cc(C(C)(C)CO)c(Cl)cc1-c1cc(OCc2ccccc2)c2c(C(N)=O)nccc2n1. The second-order valence-corrected chi connectivity index (χ2v) is 9.29. The van der Waals surface area contributed by atoms with E-state index in [1.165, 1.54) is 6.20 Å². The van der Waals surface area contributed by atoms with Crippen LogP contribution < -0.4 is 10.5 Å². The molecular formula is C27H26ClN3O3. The third-order valence-electron chi connectivity index (χ3n) is 5.87. The molecule has 3 N–H and O–H groups in total. The summed E-state index contributed by atoms with van der Waals surface area (Å²) in [4.78, 5) is 21.0. The molecular weight excluding hydrogens is 450 g/mol. The fraction of sp³-hybridized carbons (Fsp3) is 0.222. The van der Waals surface area contributed by atoms with Crippen LogP contribution in [-0.4, -0.2) is 27.6 Å². The number of fused-ring (bicyclic) bond motifs is 1. The maximum atomic E-state index is 12.1. The van der Waals surface area contributed by atoms with Crippen LogP contribution in [-0.2, 0) is 12.0 Å². The smallest absolute Gasteiger partial charge is 0.268 e. The van der Waals surface area contributed by atoms with Crippen LogP contribution in [0.4, 0.5) is 0 Å². The summed E-state index contributed by atoms with van der Waals surface area (Å²) in [6.07, 6.45) is 1.51. The molecule has 0 bridgehead atoms. The minimum Gasteiger partial charge on any atom is -0.488 e. The van der Waals surface area contributed by atoms with Crippen molar-refractivity contribution >= 4 is 28.4 Å². The molecule has 2 aromatic carbocycles. The van der Waals surface area contributed by atoms with Gasteiger partial charge in [-0.3, -0.25) is 9.78 Å². The van der Waals surface area contributed by atoms with Gasteiger partial charge in [0.05, 0.1) is 23.2 Å². The number of nitrogens with zero attached hydrogens (tertiary/aromatic N) is 2. The summed E-state index contributed by atoms with van der Waals surface area (Å²) in [6, 6.07) is 17.1. The Bertz CT molecular complexity index is 1370. The second kappa shape index (κ2) is 9.41. The molecule has 34 heavy (non-hydrogen) atoms. The molecule has 0 unspecified atom stereocenters. The van der Waals surface area contributed by atoms with E-state index in [0.717, 1.165) is 22.3 Å². The lowest BCUT2D eigenvalue weighted by Crippen LogP contribution is -2.22. The molecule has 174 valence electrons. The van der Waals surface area contributed by atoms with E-state index in [0.29, 0.717) is 34.0 Å². The van der Waals surface area contributed by atoms with Gasteiger partial charge in [-0.15, -0.1) is 0 Å². The standard InChI is InChI=1S/C27H26ClN3O3/c1-16-11-19(27(2,3)15-32)20(28)12-18(16)22-13-23(34-14-17-7-5-4-6-8-17)24-21(31-22)9-10-30-25(24)26(29)33/h4-13,32H,14-15H2,1-3H3,(H2,29,33). The largest absolute Gasteiger partial charge is 0.488 e. The van der Waals surface area contributed by atoms with Crippen LogP contribution in [0.25, 0.3) is 22.2 Å². The first kappa shape index (κ1) is 23.7. The Morgan fingerprint density at radius 2 is 1.88 bits per heavy atom. The van der Waals surface area contributed by atoms with E-state index in [4.69, 9.17) is 27.1 Å². The van der Waals surface area contributed by atoms with Gasteiger partial charge in [-0.1, -0.05) is 61.8 Å². The molecule has 0 aliphatic heterocycles. The second-order valence-electron chi connectivity index (χ2n) is 8.89. The number of hydrogen-bond donors (Lipinski definition) is 2. The number of rotatable bonds is 7. The third-order valence-corrected chi connectivity index (χ3v) is 6.18. The molecule has 0 saturated heterocycles. The monoisotopic (exact) mass is 475 g/mol. The summed E-state index contributed by atoms with van der Waals surface area (Å²) in [6.45, 7) is 6.13. The zero-order chi connectivity index (χ0) is 24.5. The summed E-state index contributed by atoms with van der Waals surface area (Å²) in [5.41, 5.74) is 10.0. The van der Waals surface area contributed by atoms with E-state index < -0.39 is 11.3 Å². The van der Waals surface area contributed by atoms with Gasteiger partial charge < -0.3 is 15.6 Å². The van der Waals surface area contributed by atoms with Crippen LogP contribution in [0, 0.1) is 6.92 Å². The Hall–Kier alpha value is -3.48. The van der Waals surface area contributed by atoms with Gasteiger partial charge >= 0.3 is 0 Å². The maximum Gasteiger partial charge on any atom is 0.268 e. The van der Waals surface area contributed by atoms with Gasteiger partial charge in [-0.05, 0) is 35.7 Å². The Morgan fingerprint density at radius 1 is 1.15 bits per heavy atom. The molecule has 2 heterocycles. The van der Waals surface area contributed by atoms with Crippen molar-refractivity contribution in [1.82, 2.24) is 9.97 Å². The molecule has 0 spiro atoms. The molecule has 0 saturated carbocycles. The normalized spacial score (nSPS) is 11.6. The van der Waals surface area contributed by atoms with Crippen molar-refractivity contribution in [2.45, 2.75) is 32.8 Å². The number of hydrogen-bond acceptors (Lipinski definition) is 5. The van der Waals surface area contributed by atoms with E-state index in [-0.39, 0.29) is 12.3 Å². The Labute approximate surface area is 203 Å². The molecule has 4 rings (SSSR count). The molecule has 0 aliphatic carbocycles. The number of aromatic nitrogens is 2. The van der Waals surface area contributed by atoms with Crippen LogP contribution >= 0.6 is 11.6 Å². The number of carbonyl (C=O) groups is 1. The highest BCUT2D eigenvalue weighted by Crippen LogP contribution is 2.38. The highest BCUT2D eigenvalue weighted by Gasteiger charge is 2.24. The number of nitrogens with two attached hydrogens (primary N) is 1. The van der Waals surface area contributed by atoms with Crippen molar-refractivity contribution in [3.05, 3.63) is 88.2 Å². The van der Waals surface area contributed by atoms with Gasteiger partial charge in [-0.2, -0.15) is 0 Å². The number of ether oxygens (including phenoxy) is 1. The highest BCUT2D eigenvalue weighted by molar-refractivity contribution is 6.31. The zero-order valence-electron chi connectivity index (χ0n) is 19.3. The Balaban J connectivity index is 1.88. The van der Waals surface area contributed by atoms with Crippen molar-refractivity contribution in [2.75, 3.05) is 6.61 Å². The fourth-order valence-electron chi connectivity index (χ4n) is 3.88. The number of halogens is 1. The first-order valence-electron chi connectivity index (χ1n) is 10.9. The highest BCUT2D eigenvalue weighted by atomic mass is 35.5. The molecule has 0 radical (unpaired) electrons. The number of primary amides is 1. The van der Waals surface area contributed by atoms with Crippen LogP contribution in [0.3, 0.4) is 0 Å². The number of aryl methyl sites for hydroxylation is 1. The molecule has 0 atom stereocenters. The minimum absolute atomic E-state index is 0.0277. The summed E-state index contributed by atoms with van der Waals surface area (Å²) < 4.78 is 6.17. The van der Waals surface area contributed by atoms with Gasteiger partial charge in [0.2, 0.25) is 0 Å². The molecule has 6 nitrogen and oxygen atoms in total. The van der Waals surface area contributed by atoms with E-state index >= 15 is 0 Å². The summed E-state index contributed by atoms with van der Waals surface area (Å²) >= 11 is 6.64. The van der Waals surface area contributed by atoms with Gasteiger partial charge in [-0.25, -0.2) is 4.98 Å². The molecule has 1 amide bonds. The average molecular weight is 476 g/mol. The lowest BCUT2D eigenvalue weighted by molar-refractivity contribution is 0.0997. The maximum absolute atomic E-state index is 12.1. The lowest BCUT2D eigenvalue weighted by Gasteiger charge is -2.25. The number of aliphatic hydroxyl groups excluding tert-OH is 1. The van der Waals surface area contributed by atoms with Crippen LogP contribution in [0.2, 0.25) is 5.02 Å². The predicted molar refractivity (Wildman–Crippen MR) is 134 cm³/mol. The minimum atomic E-state index is -0.653. The molecule has 2 aromatic heterocycles. The topological polar surface area (TPSA) is 98.3 Å². The van der Waals surface area contributed by atoms with Crippen LogP contribution in [0.15, 0.2) is 60.8 Å². The number of amides is 1. The molecule has 7 heteroatoms. The van der Waals surface area contributed by atoms with Crippen LogP contribution in [0.5, 0.6) is 5.75 Å². The van der Waals surface area contributed by atoms with E-state index in [9.17, 15) is 9.90 Å². The van der Waals surface area contributed by atoms with E-state index in [1.54, 1.807) is 12.1 Å². The first-order valence-corrected chi connectivity index (χ1v) is 11.3. The number of pyridine rings is 2. The number of carbonyl (C=O) groups excluding carboxylic acids is 1. The van der Waals surface area contributed by atoms with Crippen molar-refractivity contribution in [1.29, 1.82) is 0 Å². The van der Waals surface area contributed by atoms with Gasteiger partial charge in [0.1, 0.15) is 18.1 Å². The average Bonchev–Trinajstić information content (AvgIpc) is 2.83. The van der Waals surface area contributed by atoms with Gasteiger partial charge in [0.25, 0.3) is 5.91 Å². The lowest BCUT2D eigenvalue weighted by atomic mass is 9.83. The van der Waals surface area contributed by atoms with Crippen molar-refractivity contribution in [3.63, 3.8) is 0 Å². The van der Waals surface area contributed by atoms with Crippen LogP contribution in [0.1, 0.15) is 41.0 Å². The van der Waals surface area contributed by atoms with Crippen molar-refractivity contribution < 1.29 is 14.6 Å². The Morgan fingerprint density at radius 3 is 2.56 bits per heavy atom. The van der Waals surface area contributed by atoms with Gasteiger partial charge in [0.15, 0.2) is 0 Å². The van der Waals surface area contributed by atoms with Crippen molar-refractivity contribution in [2.24, 2.45) is 5.73 Å². The molecule has 0 fully saturated rings. The van der Waals surface area contributed by atoms with E-state index in [2.05, 4.69) is 4.98 Å².